The summed E-state index contributed by atoms with van der Waals surface area (Å²) in [6, 6.07) is 8.92. The van der Waals surface area contributed by atoms with Gasteiger partial charge in [0.05, 0.1) is 23.4 Å². The van der Waals surface area contributed by atoms with E-state index in [2.05, 4.69) is 15.3 Å². The summed E-state index contributed by atoms with van der Waals surface area (Å²) >= 11 is 1.46. The molecule has 3 aromatic rings. The molecule has 0 radical (unpaired) electrons. The molecule has 0 saturated heterocycles. The van der Waals surface area contributed by atoms with Crippen molar-refractivity contribution in [2.24, 2.45) is 0 Å². The number of imide groups is 1. The highest BCUT2D eigenvalue weighted by Crippen LogP contribution is 2.24. The summed E-state index contributed by atoms with van der Waals surface area (Å²) < 4.78 is 0. The SMILES string of the molecule is Cc1ccc2c(c1)C(=O)N(CCC(=O)NCc1nc(-c3ccncc3)cs1)C2=O. The van der Waals surface area contributed by atoms with E-state index in [9.17, 15) is 14.4 Å². The first kappa shape index (κ1) is 18.9. The molecule has 3 amide bonds. The number of aryl methyl sites for hydroxylation is 1. The third kappa shape index (κ3) is 3.93. The Hall–Kier alpha value is -3.39. The molecule has 0 fully saturated rings. The van der Waals surface area contributed by atoms with E-state index >= 15 is 0 Å². The van der Waals surface area contributed by atoms with Gasteiger partial charge in [0.15, 0.2) is 0 Å². The van der Waals surface area contributed by atoms with E-state index in [1.54, 1.807) is 30.6 Å². The predicted molar refractivity (Wildman–Crippen MR) is 108 cm³/mol. The second kappa shape index (κ2) is 7.92. The van der Waals surface area contributed by atoms with Crippen LogP contribution in [-0.2, 0) is 11.3 Å². The number of rotatable bonds is 6. The van der Waals surface area contributed by atoms with Gasteiger partial charge in [-0.15, -0.1) is 11.3 Å². The molecular formula is C21H18N4O3S. The summed E-state index contributed by atoms with van der Waals surface area (Å²) in [5, 5.41) is 5.50. The summed E-state index contributed by atoms with van der Waals surface area (Å²) in [7, 11) is 0. The van der Waals surface area contributed by atoms with Crippen molar-refractivity contribution >= 4 is 29.1 Å². The summed E-state index contributed by atoms with van der Waals surface area (Å²) in [4.78, 5) is 46.7. The number of amides is 3. The zero-order valence-corrected chi connectivity index (χ0v) is 16.5. The molecule has 1 aromatic carbocycles. The Labute approximate surface area is 171 Å². The van der Waals surface area contributed by atoms with E-state index in [0.717, 1.165) is 26.7 Å². The minimum atomic E-state index is -0.347. The highest BCUT2D eigenvalue weighted by molar-refractivity contribution is 7.09. The lowest BCUT2D eigenvalue weighted by molar-refractivity contribution is -0.121. The molecule has 3 heterocycles. The zero-order chi connectivity index (χ0) is 20.4. The Morgan fingerprint density at radius 3 is 2.66 bits per heavy atom. The van der Waals surface area contributed by atoms with Crippen LogP contribution in [0.3, 0.4) is 0 Å². The van der Waals surface area contributed by atoms with Gasteiger partial charge in [0.25, 0.3) is 11.8 Å². The maximum absolute atomic E-state index is 12.4. The van der Waals surface area contributed by atoms with Crippen LogP contribution >= 0.6 is 11.3 Å². The van der Waals surface area contributed by atoms with Gasteiger partial charge in [-0.3, -0.25) is 24.3 Å². The van der Waals surface area contributed by atoms with E-state index < -0.39 is 0 Å². The number of fused-ring (bicyclic) bond motifs is 1. The molecule has 1 aliphatic rings. The van der Waals surface area contributed by atoms with Crippen molar-refractivity contribution in [3.8, 4) is 11.3 Å². The number of carbonyl (C=O) groups is 3. The zero-order valence-electron chi connectivity index (χ0n) is 15.7. The number of hydrogen-bond donors (Lipinski definition) is 1. The Morgan fingerprint density at radius 1 is 1.10 bits per heavy atom. The third-order valence-electron chi connectivity index (χ3n) is 4.65. The normalized spacial score (nSPS) is 12.9. The van der Waals surface area contributed by atoms with Gasteiger partial charge in [-0.05, 0) is 31.2 Å². The van der Waals surface area contributed by atoms with Gasteiger partial charge < -0.3 is 5.32 Å². The molecule has 146 valence electrons. The van der Waals surface area contributed by atoms with Crippen molar-refractivity contribution in [1.29, 1.82) is 0 Å². The second-order valence-corrected chi connectivity index (χ2v) is 7.64. The fourth-order valence-corrected chi connectivity index (χ4v) is 3.87. The van der Waals surface area contributed by atoms with Crippen LogP contribution in [0, 0.1) is 6.92 Å². The third-order valence-corrected chi connectivity index (χ3v) is 5.50. The van der Waals surface area contributed by atoms with Gasteiger partial charge >= 0.3 is 0 Å². The summed E-state index contributed by atoms with van der Waals surface area (Å²) in [6.07, 6.45) is 3.46. The number of carbonyl (C=O) groups excluding carboxylic acids is 3. The summed E-state index contributed by atoms with van der Waals surface area (Å²) in [5.41, 5.74) is 3.52. The Balaban J connectivity index is 1.31. The topological polar surface area (TPSA) is 92.3 Å². The Morgan fingerprint density at radius 2 is 1.86 bits per heavy atom. The first-order valence-corrected chi connectivity index (χ1v) is 9.99. The quantitative estimate of drug-likeness (QED) is 0.636. The average molecular weight is 406 g/mol. The molecule has 1 N–H and O–H groups in total. The Bertz CT molecular complexity index is 1090. The molecule has 0 spiro atoms. The molecule has 2 aromatic heterocycles. The molecule has 0 aliphatic carbocycles. The van der Waals surface area contributed by atoms with Gasteiger partial charge in [-0.25, -0.2) is 4.98 Å². The van der Waals surface area contributed by atoms with Crippen molar-refractivity contribution in [2.75, 3.05) is 6.54 Å². The molecule has 29 heavy (non-hydrogen) atoms. The van der Waals surface area contributed by atoms with E-state index in [-0.39, 0.29) is 30.7 Å². The molecule has 1 aliphatic heterocycles. The van der Waals surface area contributed by atoms with E-state index in [4.69, 9.17) is 0 Å². The highest BCUT2D eigenvalue weighted by Gasteiger charge is 2.35. The van der Waals surface area contributed by atoms with E-state index in [1.165, 1.54) is 11.3 Å². The monoisotopic (exact) mass is 406 g/mol. The van der Waals surface area contributed by atoms with Crippen LogP contribution in [0.5, 0.6) is 0 Å². The molecule has 0 saturated carbocycles. The van der Waals surface area contributed by atoms with E-state index in [0.29, 0.717) is 17.7 Å². The van der Waals surface area contributed by atoms with Gasteiger partial charge in [0, 0.05) is 36.3 Å². The Kier molecular flexibility index (Phi) is 5.18. The molecular weight excluding hydrogens is 388 g/mol. The van der Waals surface area contributed by atoms with Crippen LogP contribution < -0.4 is 5.32 Å². The van der Waals surface area contributed by atoms with Crippen LogP contribution in [-0.4, -0.2) is 39.1 Å². The number of aromatic nitrogens is 2. The standard InChI is InChI=1S/C21H18N4O3S/c1-13-2-3-15-16(10-13)21(28)25(20(15)27)9-6-18(26)23-11-19-24-17(12-29-19)14-4-7-22-8-5-14/h2-5,7-8,10,12H,6,9,11H2,1H3,(H,23,26). The number of benzene rings is 1. The fraction of sp³-hybridized carbons (Fsp3) is 0.190. The number of nitrogens with one attached hydrogen (secondary N) is 1. The van der Waals surface area contributed by atoms with Crippen molar-refractivity contribution in [2.45, 2.75) is 19.9 Å². The van der Waals surface area contributed by atoms with Crippen LogP contribution in [0.25, 0.3) is 11.3 Å². The predicted octanol–water partition coefficient (Wildman–Crippen LogP) is 2.82. The molecule has 0 bridgehead atoms. The van der Waals surface area contributed by atoms with Gasteiger partial charge in [0.2, 0.25) is 5.91 Å². The van der Waals surface area contributed by atoms with Crippen LogP contribution in [0.4, 0.5) is 0 Å². The molecule has 0 unspecified atom stereocenters. The smallest absolute Gasteiger partial charge is 0.261 e. The van der Waals surface area contributed by atoms with Crippen LogP contribution in [0.2, 0.25) is 0 Å². The number of thiazole rings is 1. The largest absolute Gasteiger partial charge is 0.350 e. The summed E-state index contributed by atoms with van der Waals surface area (Å²) in [6.45, 7) is 2.22. The summed E-state index contributed by atoms with van der Waals surface area (Å²) in [5.74, 6) is -0.929. The van der Waals surface area contributed by atoms with Crippen molar-refractivity contribution in [1.82, 2.24) is 20.2 Å². The van der Waals surface area contributed by atoms with Gasteiger partial charge in [-0.2, -0.15) is 0 Å². The molecule has 7 nitrogen and oxygen atoms in total. The lowest BCUT2D eigenvalue weighted by atomic mass is 10.1. The molecule has 0 atom stereocenters. The lowest BCUT2D eigenvalue weighted by Crippen LogP contribution is -2.34. The number of hydrogen-bond acceptors (Lipinski definition) is 6. The van der Waals surface area contributed by atoms with Crippen molar-refractivity contribution < 1.29 is 14.4 Å². The van der Waals surface area contributed by atoms with Gasteiger partial charge in [0.1, 0.15) is 5.01 Å². The molecule has 8 heteroatoms. The number of nitrogens with zero attached hydrogens (tertiary/aromatic N) is 3. The second-order valence-electron chi connectivity index (χ2n) is 6.70. The van der Waals surface area contributed by atoms with Crippen molar-refractivity contribution in [3.63, 3.8) is 0 Å². The van der Waals surface area contributed by atoms with Gasteiger partial charge in [-0.1, -0.05) is 11.6 Å². The number of pyridine rings is 1. The minimum Gasteiger partial charge on any atom is -0.350 e. The maximum atomic E-state index is 12.4. The van der Waals surface area contributed by atoms with Crippen LogP contribution in [0.1, 0.15) is 37.7 Å². The van der Waals surface area contributed by atoms with E-state index in [1.807, 2.05) is 24.4 Å². The fourth-order valence-electron chi connectivity index (χ4n) is 3.13. The minimum absolute atomic E-state index is 0.0486. The van der Waals surface area contributed by atoms with Crippen LogP contribution in [0.15, 0.2) is 48.1 Å². The highest BCUT2D eigenvalue weighted by atomic mass is 32.1. The van der Waals surface area contributed by atoms with Crippen molar-refractivity contribution in [3.05, 3.63) is 69.8 Å². The first-order valence-electron chi connectivity index (χ1n) is 9.11. The first-order chi connectivity index (χ1) is 14.0. The maximum Gasteiger partial charge on any atom is 0.261 e. The lowest BCUT2D eigenvalue weighted by Gasteiger charge is -2.13. The molecule has 4 rings (SSSR count). The average Bonchev–Trinajstić information content (AvgIpc) is 3.29.